The van der Waals surface area contributed by atoms with Crippen molar-refractivity contribution in [1.29, 1.82) is 0 Å². The summed E-state index contributed by atoms with van der Waals surface area (Å²) < 4.78 is 5.47. The summed E-state index contributed by atoms with van der Waals surface area (Å²) in [6.07, 6.45) is 0.922. The molecule has 7 nitrogen and oxygen atoms in total. The lowest BCUT2D eigenvalue weighted by Gasteiger charge is -2.12. The van der Waals surface area contributed by atoms with Crippen LogP contribution in [0.15, 0.2) is 42.5 Å². The van der Waals surface area contributed by atoms with Gasteiger partial charge in [-0.05, 0) is 43.7 Å². The third-order valence-corrected chi connectivity index (χ3v) is 3.74. The van der Waals surface area contributed by atoms with Gasteiger partial charge >= 0.3 is 0 Å². The van der Waals surface area contributed by atoms with Crippen molar-refractivity contribution in [3.63, 3.8) is 0 Å². The summed E-state index contributed by atoms with van der Waals surface area (Å²) in [5.41, 5.74) is 1.36. The number of halogens is 1. The maximum absolute atomic E-state index is 12.1. The van der Waals surface area contributed by atoms with Crippen molar-refractivity contribution in [3.05, 3.63) is 57.6 Å². The van der Waals surface area contributed by atoms with Crippen LogP contribution in [0.1, 0.15) is 19.8 Å². The van der Waals surface area contributed by atoms with Crippen molar-refractivity contribution in [2.75, 3.05) is 23.8 Å². The smallest absolute Gasteiger partial charge is 0.269 e. The Balaban J connectivity index is 1.78. The van der Waals surface area contributed by atoms with E-state index in [4.69, 9.17) is 16.3 Å². The fraction of sp³-hybridized carbons (Fsp3) is 0.278. The van der Waals surface area contributed by atoms with Crippen LogP contribution in [0.3, 0.4) is 0 Å². The number of nitro groups is 1. The molecule has 0 aliphatic heterocycles. The molecule has 2 N–H and O–H groups in total. The van der Waals surface area contributed by atoms with Crippen LogP contribution in [0, 0.1) is 10.1 Å². The number of rotatable bonds is 9. The molecule has 1 amide bonds. The first kappa shape index (κ1) is 19.5. The number of nitro benzene ring substituents is 1. The fourth-order valence-electron chi connectivity index (χ4n) is 2.28. The summed E-state index contributed by atoms with van der Waals surface area (Å²) in [6, 6.07) is 11.2. The van der Waals surface area contributed by atoms with Gasteiger partial charge in [-0.25, -0.2) is 0 Å². The first-order valence-electron chi connectivity index (χ1n) is 8.20. The molecule has 0 bridgehead atoms. The molecule has 0 aromatic heterocycles. The lowest BCUT2D eigenvalue weighted by atomic mass is 10.2. The third kappa shape index (κ3) is 5.93. The molecule has 0 saturated carbocycles. The van der Waals surface area contributed by atoms with E-state index in [9.17, 15) is 14.9 Å². The lowest BCUT2D eigenvalue weighted by Crippen LogP contribution is -2.14. The highest BCUT2D eigenvalue weighted by Gasteiger charge is 2.09. The van der Waals surface area contributed by atoms with Gasteiger partial charge in [0.15, 0.2) is 0 Å². The van der Waals surface area contributed by atoms with Gasteiger partial charge in [-0.2, -0.15) is 0 Å². The summed E-state index contributed by atoms with van der Waals surface area (Å²) in [7, 11) is 0. The van der Waals surface area contributed by atoms with Gasteiger partial charge in [0.1, 0.15) is 5.75 Å². The molecule has 2 aromatic rings. The number of non-ortho nitro benzene ring substituents is 1. The molecular formula is C18H20ClN3O4. The van der Waals surface area contributed by atoms with E-state index < -0.39 is 4.92 Å². The first-order chi connectivity index (χ1) is 12.5. The third-order valence-electron chi connectivity index (χ3n) is 3.50. The van der Waals surface area contributed by atoms with E-state index in [0.29, 0.717) is 42.5 Å². The van der Waals surface area contributed by atoms with Gasteiger partial charge in [0.05, 0.1) is 17.2 Å². The van der Waals surface area contributed by atoms with Crippen molar-refractivity contribution in [1.82, 2.24) is 0 Å². The SMILES string of the molecule is CCOc1ccc(Cl)cc1NC(=O)CCCNc1ccc([N+](=O)[O-])cc1. The lowest BCUT2D eigenvalue weighted by molar-refractivity contribution is -0.384. The van der Waals surface area contributed by atoms with E-state index in [1.165, 1.54) is 12.1 Å². The number of nitrogens with zero attached hydrogens (tertiary/aromatic N) is 1. The Morgan fingerprint density at radius 3 is 2.62 bits per heavy atom. The van der Waals surface area contributed by atoms with Crippen LogP contribution in [0.4, 0.5) is 17.1 Å². The quantitative estimate of drug-likeness (QED) is 0.382. The zero-order valence-corrected chi connectivity index (χ0v) is 15.1. The van der Waals surface area contributed by atoms with Crippen molar-refractivity contribution < 1.29 is 14.5 Å². The number of benzene rings is 2. The van der Waals surface area contributed by atoms with Crippen molar-refractivity contribution in [2.24, 2.45) is 0 Å². The predicted octanol–water partition coefficient (Wildman–Crippen LogP) is 4.48. The highest BCUT2D eigenvalue weighted by molar-refractivity contribution is 6.31. The maximum Gasteiger partial charge on any atom is 0.269 e. The molecule has 0 atom stereocenters. The molecule has 8 heteroatoms. The summed E-state index contributed by atoms with van der Waals surface area (Å²) in [6.45, 7) is 2.92. The molecule has 0 aliphatic carbocycles. The van der Waals surface area contributed by atoms with Crippen LogP contribution in [-0.4, -0.2) is 24.0 Å². The Bertz CT molecular complexity index is 766. The molecule has 0 aliphatic rings. The van der Waals surface area contributed by atoms with E-state index in [0.717, 1.165) is 5.69 Å². The maximum atomic E-state index is 12.1. The number of carbonyl (C=O) groups excluding carboxylic acids is 1. The highest BCUT2D eigenvalue weighted by atomic mass is 35.5. The number of amides is 1. The average Bonchev–Trinajstić information content (AvgIpc) is 2.61. The number of carbonyl (C=O) groups is 1. The standard InChI is InChI=1S/C18H20ClN3O4/c1-2-26-17-10-5-13(19)12-16(17)21-18(23)4-3-11-20-14-6-8-15(9-7-14)22(24)25/h5-10,12,20H,2-4,11H2,1H3,(H,21,23). The topological polar surface area (TPSA) is 93.5 Å². The summed E-state index contributed by atoms with van der Waals surface area (Å²) in [5.74, 6) is 0.438. The normalized spacial score (nSPS) is 10.2. The second-order valence-electron chi connectivity index (χ2n) is 5.46. The van der Waals surface area contributed by atoms with E-state index in [1.807, 2.05) is 6.92 Å². The number of hydrogen-bond acceptors (Lipinski definition) is 5. The number of ether oxygens (including phenoxy) is 1. The molecule has 2 rings (SSSR count). The van der Waals surface area contributed by atoms with Crippen molar-refractivity contribution in [2.45, 2.75) is 19.8 Å². The molecule has 2 aromatic carbocycles. The van der Waals surface area contributed by atoms with Crippen LogP contribution in [0.25, 0.3) is 0 Å². The average molecular weight is 378 g/mol. The van der Waals surface area contributed by atoms with E-state index in [-0.39, 0.29) is 11.6 Å². The van der Waals surface area contributed by atoms with Crippen LogP contribution >= 0.6 is 11.6 Å². The molecule has 0 fully saturated rings. The minimum absolute atomic E-state index is 0.0431. The van der Waals surface area contributed by atoms with Crippen molar-refractivity contribution >= 4 is 34.6 Å². The molecular weight excluding hydrogens is 358 g/mol. The van der Waals surface area contributed by atoms with Gasteiger partial charge in [0.2, 0.25) is 5.91 Å². The number of anilines is 2. The Hall–Kier alpha value is -2.80. The predicted molar refractivity (Wildman–Crippen MR) is 102 cm³/mol. The molecule has 0 radical (unpaired) electrons. The molecule has 26 heavy (non-hydrogen) atoms. The molecule has 0 saturated heterocycles. The second-order valence-corrected chi connectivity index (χ2v) is 5.89. The van der Waals surface area contributed by atoms with Crippen LogP contribution in [0.5, 0.6) is 5.75 Å². The largest absolute Gasteiger partial charge is 0.492 e. The monoisotopic (exact) mass is 377 g/mol. The van der Waals surface area contributed by atoms with Crippen LogP contribution < -0.4 is 15.4 Å². The van der Waals surface area contributed by atoms with Gasteiger partial charge < -0.3 is 15.4 Å². The van der Waals surface area contributed by atoms with Gasteiger partial charge in [-0.15, -0.1) is 0 Å². The first-order valence-corrected chi connectivity index (χ1v) is 8.58. The summed E-state index contributed by atoms with van der Waals surface area (Å²) in [4.78, 5) is 22.3. The summed E-state index contributed by atoms with van der Waals surface area (Å²) in [5, 5.41) is 17.1. The Labute approximate surface area is 156 Å². The van der Waals surface area contributed by atoms with Crippen LogP contribution in [0.2, 0.25) is 5.02 Å². The van der Waals surface area contributed by atoms with Gasteiger partial charge in [-0.3, -0.25) is 14.9 Å². The molecule has 0 heterocycles. The second kappa shape index (κ2) is 9.62. The van der Waals surface area contributed by atoms with Crippen molar-refractivity contribution in [3.8, 4) is 5.75 Å². The molecule has 138 valence electrons. The zero-order valence-electron chi connectivity index (χ0n) is 14.3. The Kier molecular flexibility index (Phi) is 7.23. The fourth-order valence-corrected chi connectivity index (χ4v) is 2.45. The Morgan fingerprint density at radius 1 is 1.23 bits per heavy atom. The molecule has 0 unspecified atom stereocenters. The minimum Gasteiger partial charge on any atom is -0.492 e. The minimum atomic E-state index is -0.444. The zero-order chi connectivity index (χ0) is 18.9. The highest BCUT2D eigenvalue weighted by Crippen LogP contribution is 2.28. The van der Waals surface area contributed by atoms with Gasteiger partial charge in [0.25, 0.3) is 5.69 Å². The van der Waals surface area contributed by atoms with E-state index in [2.05, 4.69) is 10.6 Å². The number of hydrogen-bond donors (Lipinski definition) is 2. The van der Waals surface area contributed by atoms with Gasteiger partial charge in [0, 0.05) is 35.8 Å². The molecule has 0 spiro atoms. The Morgan fingerprint density at radius 2 is 1.96 bits per heavy atom. The number of nitrogens with one attached hydrogen (secondary N) is 2. The van der Waals surface area contributed by atoms with E-state index >= 15 is 0 Å². The van der Waals surface area contributed by atoms with Gasteiger partial charge in [-0.1, -0.05) is 11.6 Å². The van der Waals surface area contributed by atoms with E-state index in [1.54, 1.807) is 30.3 Å². The summed E-state index contributed by atoms with van der Waals surface area (Å²) >= 11 is 5.97. The van der Waals surface area contributed by atoms with Crippen LogP contribution in [-0.2, 0) is 4.79 Å².